The maximum Gasteiger partial charge on any atom is 0.0623 e. The molecule has 2 aliphatic rings. The largest absolute Gasteiger partial charge is 0.392 e. The third kappa shape index (κ3) is 6.90. The van der Waals surface area contributed by atoms with Crippen LogP contribution in [0.2, 0.25) is 0 Å². The zero-order valence-corrected chi connectivity index (χ0v) is 25.5. The molecule has 0 spiro atoms. The minimum Gasteiger partial charge on any atom is -0.392 e. The van der Waals surface area contributed by atoms with E-state index in [0.717, 1.165) is 42.5 Å². The number of fused-ring (bicyclic) bond motifs is 2. The number of aromatic nitrogens is 1. The first-order valence-corrected chi connectivity index (χ1v) is 14.0. The van der Waals surface area contributed by atoms with E-state index in [-0.39, 0.29) is 43.6 Å². The van der Waals surface area contributed by atoms with Gasteiger partial charge in [0.15, 0.2) is 0 Å². The third-order valence-electron chi connectivity index (χ3n) is 8.65. The normalized spacial score (nSPS) is 27.4. The zero-order chi connectivity index (χ0) is 25.9. The summed E-state index contributed by atoms with van der Waals surface area (Å²) < 4.78 is 0. The van der Waals surface area contributed by atoms with E-state index in [9.17, 15) is 10.2 Å². The summed E-state index contributed by atoms with van der Waals surface area (Å²) in [7, 11) is 0. The number of nitrogens with zero attached hydrogens (tertiary/aromatic N) is 1. The van der Waals surface area contributed by atoms with Crippen LogP contribution in [0.25, 0.3) is 22.2 Å². The van der Waals surface area contributed by atoms with Crippen LogP contribution in [0, 0.1) is 29.7 Å². The molecular weight excluding hydrogens is 635 g/mol. The van der Waals surface area contributed by atoms with E-state index >= 15 is 0 Å². The topological polar surface area (TPSA) is 53.4 Å². The Kier molecular flexibility index (Phi) is 10.5. The molecule has 3 nitrogen and oxygen atoms in total. The van der Waals surface area contributed by atoms with Crippen LogP contribution in [-0.2, 0) is 25.5 Å². The van der Waals surface area contributed by atoms with Crippen molar-refractivity contribution in [2.75, 3.05) is 0 Å². The summed E-state index contributed by atoms with van der Waals surface area (Å²) in [6.07, 6.45) is 6.32. The molecule has 2 fully saturated rings. The Morgan fingerprint density at radius 3 is 2.27 bits per heavy atom. The van der Waals surface area contributed by atoms with Gasteiger partial charge in [-0.25, -0.2) is 0 Å². The van der Waals surface area contributed by atoms with Crippen molar-refractivity contribution < 1.29 is 30.3 Å². The third-order valence-corrected chi connectivity index (χ3v) is 8.65. The number of hydrogen-bond acceptors (Lipinski definition) is 3. The second-order valence-corrected chi connectivity index (χ2v) is 12.0. The van der Waals surface area contributed by atoms with Crippen LogP contribution in [0.4, 0.5) is 0 Å². The van der Waals surface area contributed by atoms with Crippen LogP contribution in [0.15, 0.2) is 54.6 Å². The Morgan fingerprint density at radius 2 is 1.62 bits per heavy atom. The van der Waals surface area contributed by atoms with Crippen molar-refractivity contribution in [1.29, 1.82) is 0 Å². The summed E-state index contributed by atoms with van der Waals surface area (Å²) >= 11 is 0. The first-order valence-electron chi connectivity index (χ1n) is 14.0. The Bertz CT molecular complexity index is 1130. The summed E-state index contributed by atoms with van der Waals surface area (Å²) in [4.78, 5) is 4.79. The molecule has 2 aromatic carbocycles. The van der Waals surface area contributed by atoms with Crippen molar-refractivity contribution in [3.8, 4) is 11.3 Å². The van der Waals surface area contributed by atoms with Gasteiger partial charge in [0.2, 0.25) is 0 Å². The Morgan fingerprint density at radius 1 is 0.919 bits per heavy atom. The van der Waals surface area contributed by atoms with Gasteiger partial charge in [-0.3, -0.25) is 4.98 Å². The van der Waals surface area contributed by atoms with Gasteiger partial charge in [-0.2, -0.15) is 0 Å². The monoisotopic (exact) mass is 679 g/mol. The van der Waals surface area contributed by atoms with E-state index < -0.39 is 0 Å². The molecule has 0 saturated heterocycles. The van der Waals surface area contributed by atoms with Crippen molar-refractivity contribution in [2.45, 2.75) is 90.8 Å². The number of aliphatic hydroxyl groups is 2. The molecule has 6 atom stereocenters. The fourth-order valence-corrected chi connectivity index (χ4v) is 6.34. The molecule has 4 heteroatoms. The van der Waals surface area contributed by atoms with Crippen LogP contribution in [0.1, 0.15) is 78.7 Å². The van der Waals surface area contributed by atoms with E-state index in [1.807, 2.05) is 24.3 Å². The molecule has 0 amide bonds. The Balaban J connectivity index is 0.000000205. The molecule has 5 rings (SSSR count). The Labute approximate surface area is 237 Å². The van der Waals surface area contributed by atoms with Gasteiger partial charge in [-0.05, 0) is 65.1 Å². The quantitative estimate of drug-likeness (QED) is 0.281. The van der Waals surface area contributed by atoms with Crippen LogP contribution >= 0.6 is 0 Å². The van der Waals surface area contributed by atoms with Crippen LogP contribution in [-0.4, -0.2) is 27.4 Å². The van der Waals surface area contributed by atoms with Gasteiger partial charge in [0.05, 0.1) is 17.7 Å². The fourth-order valence-electron chi connectivity index (χ4n) is 6.34. The van der Waals surface area contributed by atoms with Crippen LogP contribution in [0.3, 0.4) is 0 Å². The van der Waals surface area contributed by atoms with Crippen LogP contribution in [0.5, 0.6) is 0 Å². The number of hydrogen-bond donors (Lipinski definition) is 2. The summed E-state index contributed by atoms with van der Waals surface area (Å²) in [5, 5.41) is 22.0. The molecule has 1 aromatic heterocycles. The summed E-state index contributed by atoms with van der Waals surface area (Å²) in [6.45, 7) is 11.0. The predicted octanol–water partition coefficient (Wildman–Crippen LogP) is 7.58. The second-order valence-electron chi connectivity index (χ2n) is 12.0. The summed E-state index contributed by atoms with van der Waals surface area (Å²) in [5.41, 5.74) is 4.52. The molecule has 3 aromatic rings. The standard InChI is InChI=1S/C19H18N.C14H26O2.Ir/c1-19(2,3)16-11-9-15-10-12-17(20-18(15)13-16)14-7-5-4-6-8-14;1-3-9-6-5-7-11-8-10(4-2)14(16)12(11)13(9)15;/h4-7,9-13H,1-3H3;9-16H,3-8H2,1-2H3;/q-1;;/t;9-,10-,11?,12?,13?,14?;/m.0./s1. The average molecular weight is 679 g/mol. The SMILES string of the molecule is CC(C)(C)c1ccc2ccc(-c3[c-]cccc3)nc2c1.CC[C@H]1CCCC2C[C@H](CC)C(O)C2C1O.[Ir]. The van der Waals surface area contributed by atoms with E-state index in [1.165, 1.54) is 23.8 Å². The minimum atomic E-state index is -0.260. The van der Waals surface area contributed by atoms with Gasteiger partial charge < -0.3 is 10.2 Å². The van der Waals surface area contributed by atoms with E-state index in [4.69, 9.17) is 4.98 Å². The minimum absolute atomic E-state index is 0. The number of pyridine rings is 1. The zero-order valence-electron chi connectivity index (χ0n) is 23.1. The first-order chi connectivity index (χ1) is 17.2. The maximum atomic E-state index is 10.4. The van der Waals surface area contributed by atoms with E-state index in [2.05, 4.69) is 71.0 Å². The van der Waals surface area contributed by atoms with E-state index in [0.29, 0.717) is 17.8 Å². The molecule has 0 aliphatic heterocycles. The number of benzene rings is 2. The molecular formula is C33H44IrNO2-. The van der Waals surface area contributed by atoms with Crippen molar-refractivity contribution in [1.82, 2.24) is 4.98 Å². The summed E-state index contributed by atoms with van der Waals surface area (Å²) in [6, 6.07) is 21.9. The van der Waals surface area contributed by atoms with Gasteiger partial charge in [0.25, 0.3) is 0 Å². The predicted molar refractivity (Wildman–Crippen MR) is 150 cm³/mol. The Hall–Kier alpha value is -1.58. The molecule has 2 aliphatic carbocycles. The molecule has 2 N–H and O–H groups in total. The average Bonchev–Trinajstić information content (AvgIpc) is 3.11. The molecule has 2 saturated carbocycles. The van der Waals surface area contributed by atoms with Crippen molar-refractivity contribution in [3.05, 3.63) is 66.2 Å². The van der Waals surface area contributed by atoms with Crippen molar-refractivity contribution >= 4 is 10.9 Å². The van der Waals surface area contributed by atoms with Gasteiger partial charge in [-0.15, -0.1) is 35.9 Å². The van der Waals surface area contributed by atoms with E-state index in [1.54, 1.807) is 0 Å². The van der Waals surface area contributed by atoms with Gasteiger partial charge >= 0.3 is 0 Å². The van der Waals surface area contributed by atoms with Gasteiger partial charge in [0, 0.05) is 26.0 Å². The smallest absolute Gasteiger partial charge is 0.0623 e. The fraction of sp³-hybridized carbons (Fsp3) is 0.545. The number of aliphatic hydroxyl groups excluding tert-OH is 2. The summed E-state index contributed by atoms with van der Waals surface area (Å²) in [5.74, 6) is 1.59. The molecule has 4 unspecified atom stereocenters. The molecule has 203 valence electrons. The van der Waals surface area contributed by atoms with Crippen LogP contribution < -0.4 is 0 Å². The van der Waals surface area contributed by atoms with Crippen molar-refractivity contribution in [2.24, 2.45) is 23.7 Å². The van der Waals surface area contributed by atoms with Gasteiger partial charge in [0.1, 0.15) is 0 Å². The number of rotatable bonds is 3. The molecule has 1 radical (unpaired) electrons. The first kappa shape index (κ1) is 30.0. The van der Waals surface area contributed by atoms with Gasteiger partial charge in [-0.1, -0.05) is 78.1 Å². The maximum absolute atomic E-state index is 10.4. The molecule has 37 heavy (non-hydrogen) atoms. The molecule has 0 bridgehead atoms. The second kappa shape index (κ2) is 13.0. The molecule has 1 heterocycles. The van der Waals surface area contributed by atoms with Crippen molar-refractivity contribution in [3.63, 3.8) is 0 Å².